The fourth-order valence-electron chi connectivity index (χ4n) is 6.31. The number of likely N-dealkylation sites (tertiary alicyclic amines) is 1. The molecule has 0 bridgehead atoms. The van der Waals surface area contributed by atoms with Gasteiger partial charge in [0.25, 0.3) is 0 Å². The van der Waals surface area contributed by atoms with E-state index in [2.05, 4.69) is 38.2 Å². The summed E-state index contributed by atoms with van der Waals surface area (Å²) < 4.78 is 0. The number of rotatable bonds is 7. The van der Waals surface area contributed by atoms with Gasteiger partial charge in [-0.15, -0.1) is 0 Å². The summed E-state index contributed by atoms with van der Waals surface area (Å²) in [5.74, 6) is -0.755. The van der Waals surface area contributed by atoms with Gasteiger partial charge in [-0.1, -0.05) is 6.07 Å². The van der Waals surface area contributed by atoms with Crippen LogP contribution < -0.4 is 15.1 Å². The molecule has 5 rings (SSSR count). The van der Waals surface area contributed by atoms with Crippen molar-refractivity contribution in [3.05, 3.63) is 23.8 Å². The predicted molar refractivity (Wildman–Crippen MR) is 138 cm³/mol. The molecule has 2 N–H and O–H groups in total. The number of nitrogens with zero attached hydrogens (tertiary/aromatic N) is 4. The van der Waals surface area contributed by atoms with Crippen LogP contribution in [-0.4, -0.2) is 97.0 Å². The predicted octanol–water partition coefficient (Wildman–Crippen LogP) is 1.08. The van der Waals surface area contributed by atoms with Crippen LogP contribution in [0.5, 0.6) is 0 Å². The number of imide groups is 1. The zero-order valence-corrected chi connectivity index (χ0v) is 21.4. The summed E-state index contributed by atoms with van der Waals surface area (Å²) >= 11 is 0. The molecule has 4 aliphatic rings. The van der Waals surface area contributed by atoms with Gasteiger partial charge in [0.15, 0.2) is 0 Å². The summed E-state index contributed by atoms with van der Waals surface area (Å²) in [6.45, 7) is 7.21. The second-order valence-electron chi connectivity index (χ2n) is 10.7. The van der Waals surface area contributed by atoms with Crippen LogP contribution in [0, 0.1) is 5.92 Å². The van der Waals surface area contributed by atoms with E-state index in [0.717, 1.165) is 77.3 Å². The van der Waals surface area contributed by atoms with Crippen molar-refractivity contribution in [3.63, 3.8) is 0 Å². The van der Waals surface area contributed by atoms with E-state index in [9.17, 15) is 19.2 Å². The highest BCUT2D eigenvalue weighted by Gasteiger charge is 2.36. The summed E-state index contributed by atoms with van der Waals surface area (Å²) in [5, 5.41) is 11.3. The number of carboxylic acid groups (broad SMARTS) is 1. The molecule has 0 aliphatic carbocycles. The molecule has 37 heavy (non-hydrogen) atoms. The van der Waals surface area contributed by atoms with Gasteiger partial charge in [-0.2, -0.15) is 0 Å². The summed E-state index contributed by atoms with van der Waals surface area (Å²) in [6.07, 6.45) is 3.82. The van der Waals surface area contributed by atoms with E-state index >= 15 is 0 Å². The first-order valence-electron chi connectivity index (χ1n) is 13.6. The molecule has 4 aliphatic heterocycles. The lowest BCUT2D eigenvalue weighted by atomic mass is 9.95. The van der Waals surface area contributed by atoms with Gasteiger partial charge in [0, 0.05) is 82.1 Å². The molecule has 1 aromatic carbocycles. The SMILES string of the molecule is O=C(O)CCC(=O)N1CCC(CN2CCN(c3cccc4c3CCN4C3CCC(=O)NC3=O)CC2)CC1. The van der Waals surface area contributed by atoms with Crippen LogP contribution in [0.2, 0.25) is 0 Å². The van der Waals surface area contributed by atoms with Gasteiger partial charge >= 0.3 is 5.97 Å². The van der Waals surface area contributed by atoms with E-state index in [1.165, 1.54) is 11.3 Å². The first-order valence-corrected chi connectivity index (χ1v) is 13.6. The first kappa shape index (κ1) is 25.5. The maximum atomic E-state index is 12.5. The number of piperazine rings is 1. The van der Waals surface area contributed by atoms with Crippen molar-refractivity contribution >= 4 is 35.1 Å². The van der Waals surface area contributed by atoms with E-state index < -0.39 is 5.97 Å². The number of piperidine rings is 2. The molecule has 0 aromatic heterocycles. The van der Waals surface area contributed by atoms with Gasteiger partial charge in [-0.3, -0.25) is 29.4 Å². The Bertz CT molecular complexity index is 1050. The van der Waals surface area contributed by atoms with Gasteiger partial charge in [-0.25, -0.2) is 0 Å². The average Bonchev–Trinajstić information content (AvgIpc) is 3.32. The van der Waals surface area contributed by atoms with Crippen LogP contribution in [0.15, 0.2) is 18.2 Å². The Morgan fingerprint density at radius 1 is 0.892 bits per heavy atom. The normalized spacial score (nSPS) is 23.2. The molecule has 1 aromatic rings. The van der Waals surface area contributed by atoms with Crippen LogP contribution in [0.25, 0.3) is 0 Å². The van der Waals surface area contributed by atoms with E-state index in [1.807, 2.05) is 4.90 Å². The Morgan fingerprint density at radius 2 is 1.62 bits per heavy atom. The monoisotopic (exact) mass is 511 g/mol. The third-order valence-corrected chi connectivity index (χ3v) is 8.37. The average molecular weight is 512 g/mol. The third kappa shape index (κ3) is 5.74. The van der Waals surface area contributed by atoms with E-state index in [0.29, 0.717) is 18.8 Å². The lowest BCUT2D eigenvalue weighted by Crippen LogP contribution is -2.52. The quantitative estimate of drug-likeness (QED) is 0.523. The van der Waals surface area contributed by atoms with Crippen LogP contribution >= 0.6 is 0 Å². The number of hydrogen-bond acceptors (Lipinski definition) is 7. The molecular weight excluding hydrogens is 474 g/mol. The molecule has 0 saturated carbocycles. The number of amides is 3. The molecule has 0 radical (unpaired) electrons. The number of carbonyl (C=O) groups is 4. The van der Waals surface area contributed by atoms with E-state index in [-0.39, 0.29) is 36.6 Å². The molecule has 10 nitrogen and oxygen atoms in total. The van der Waals surface area contributed by atoms with Crippen molar-refractivity contribution < 1.29 is 24.3 Å². The molecule has 4 heterocycles. The Hall–Kier alpha value is -3.14. The molecule has 200 valence electrons. The minimum absolute atomic E-state index is 0.0407. The Kier molecular flexibility index (Phi) is 7.64. The van der Waals surface area contributed by atoms with E-state index in [1.54, 1.807) is 0 Å². The fraction of sp³-hybridized carbons (Fsp3) is 0.630. The highest BCUT2D eigenvalue weighted by molar-refractivity contribution is 6.02. The Balaban J connectivity index is 1.12. The number of carbonyl (C=O) groups excluding carboxylic acids is 3. The number of anilines is 2. The molecule has 1 atom stereocenters. The number of fused-ring (bicyclic) bond motifs is 1. The number of nitrogens with one attached hydrogen (secondary N) is 1. The van der Waals surface area contributed by atoms with Crippen molar-refractivity contribution in [1.29, 1.82) is 0 Å². The third-order valence-electron chi connectivity index (χ3n) is 8.37. The van der Waals surface area contributed by atoms with Crippen molar-refractivity contribution in [3.8, 4) is 0 Å². The largest absolute Gasteiger partial charge is 0.481 e. The molecule has 3 saturated heterocycles. The van der Waals surface area contributed by atoms with Crippen molar-refractivity contribution in [2.24, 2.45) is 5.92 Å². The lowest BCUT2D eigenvalue weighted by molar-refractivity contribution is -0.141. The smallest absolute Gasteiger partial charge is 0.303 e. The maximum absolute atomic E-state index is 12.5. The summed E-state index contributed by atoms with van der Waals surface area (Å²) in [7, 11) is 0. The number of benzene rings is 1. The second-order valence-corrected chi connectivity index (χ2v) is 10.7. The standard InChI is InChI=1S/C27H37N5O5/c33-24-5-4-23(27(37)28-24)32-13-10-20-21(2-1-3-22(20)32)30-16-14-29(15-17-30)18-19-8-11-31(12-9-19)25(34)6-7-26(35)36/h1-3,19,23H,4-18H2,(H,35,36)(H,28,33,37). The van der Waals surface area contributed by atoms with Crippen LogP contribution in [0.1, 0.15) is 44.1 Å². The van der Waals surface area contributed by atoms with Gasteiger partial charge in [0.05, 0.1) is 6.42 Å². The van der Waals surface area contributed by atoms with Gasteiger partial charge in [0.2, 0.25) is 17.7 Å². The van der Waals surface area contributed by atoms with Gasteiger partial charge < -0.3 is 19.8 Å². The fourth-order valence-corrected chi connectivity index (χ4v) is 6.31. The first-order chi connectivity index (χ1) is 17.9. The molecule has 10 heteroatoms. The minimum Gasteiger partial charge on any atom is -0.481 e. The Labute approximate surface area is 217 Å². The maximum Gasteiger partial charge on any atom is 0.303 e. The molecule has 3 fully saturated rings. The highest BCUT2D eigenvalue weighted by atomic mass is 16.4. The summed E-state index contributed by atoms with van der Waals surface area (Å²) in [4.78, 5) is 56.0. The zero-order chi connectivity index (χ0) is 25.9. The molecule has 1 unspecified atom stereocenters. The number of aliphatic carboxylic acids is 1. The van der Waals surface area contributed by atoms with E-state index in [4.69, 9.17) is 5.11 Å². The van der Waals surface area contributed by atoms with Crippen LogP contribution in [0.3, 0.4) is 0 Å². The highest BCUT2D eigenvalue weighted by Crippen LogP contribution is 2.38. The molecule has 0 spiro atoms. The Morgan fingerprint density at radius 3 is 2.32 bits per heavy atom. The van der Waals surface area contributed by atoms with Crippen molar-refractivity contribution in [2.75, 3.05) is 62.2 Å². The summed E-state index contributed by atoms with van der Waals surface area (Å²) in [5.41, 5.74) is 3.69. The van der Waals surface area contributed by atoms with Gasteiger partial charge in [0.1, 0.15) is 6.04 Å². The number of carboxylic acids is 1. The van der Waals surface area contributed by atoms with Crippen molar-refractivity contribution in [1.82, 2.24) is 15.1 Å². The topological polar surface area (TPSA) is 114 Å². The van der Waals surface area contributed by atoms with Crippen LogP contribution in [0.4, 0.5) is 11.4 Å². The van der Waals surface area contributed by atoms with Crippen LogP contribution in [-0.2, 0) is 25.6 Å². The van der Waals surface area contributed by atoms with Crippen molar-refractivity contribution in [2.45, 2.75) is 51.0 Å². The molecule has 3 amide bonds. The lowest BCUT2D eigenvalue weighted by Gasteiger charge is -2.40. The minimum atomic E-state index is -0.922. The van der Waals surface area contributed by atoms with Gasteiger partial charge in [-0.05, 0) is 43.7 Å². The summed E-state index contributed by atoms with van der Waals surface area (Å²) in [6, 6.07) is 6.10. The molecular formula is C27H37N5O5. The number of hydrogen-bond donors (Lipinski definition) is 2. The zero-order valence-electron chi connectivity index (χ0n) is 21.4. The second kappa shape index (κ2) is 11.1.